The van der Waals surface area contributed by atoms with Gasteiger partial charge >= 0.3 is 0 Å². The second-order valence-corrected chi connectivity index (χ2v) is 11.2. The fourth-order valence-electron chi connectivity index (χ4n) is 4.81. The average Bonchev–Trinajstić information content (AvgIpc) is 3.16. The summed E-state index contributed by atoms with van der Waals surface area (Å²) in [6, 6.07) is 19.3. The Kier molecular flexibility index (Phi) is 9.34. The van der Waals surface area contributed by atoms with E-state index in [1.165, 1.54) is 17.3 Å². The van der Waals surface area contributed by atoms with E-state index in [-0.39, 0.29) is 11.8 Å². The number of halogens is 1. The molecule has 1 unspecified atom stereocenters. The second kappa shape index (κ2) is 13.3. The van der Waals surface area contributed by atoms with E-state index in [1.807, 2.05) is 24.3 Å². The normalized spacial score (nSPS) is 18.3. The summed E-state index contributed by atoms with van der Waals surface area (Å²) in [5.74, 6) is 1.16. The number of hydrogen-bond acceptors (Lipinski definition) is 7. The van der Waals surface area contributed by atoms with Crippen LogP contribution in [0.25, 0.3) is 0 Å². The highest BCUT2D eigenvalue weighted by Gasteiger charge is 2.23. The number of anilines is 1. The quantitative estimate of drug-likeness (QED) is 0.241. The van der Waals surface area contributed by atoms with Gasteiger partial charge in [-0.25, -0.2) is 9.97 Å². The van der Waals surface area contributed by atoms with Crippen molar-refractivity contribution in [2.75, 3.05) is 37.6 Å². The summed E-state index contributed by atoms with van der Waals surface area (Å²) < 4.78 is 0. The van der Waals surface area contributed by atoms with Crippen molar-refractivity contribution >= 4 is 41.0 Å². The van der Waals surface area contributed by atoms with Crippen LogP contribution in [0, 0.1) is 0 Å². The predicted molar refractivity (Wildman–Crippen MR) is 155 cm³/mol. The maximum Gasteiger partial charge on any atom is 0.251 e. The maximum atomic E-state index is 12.7. The molecule has 2 fully saturated rings. The van der Waals surface area contributed by atoms with Crippen LogP contribution in [0.1, 0.15) is 40.7 Å². The van der Waals surface area contributed by atoms with E-state index in [1.54, 1.807) is 12.1 Å². The Morgan fingerprint density at radius 3 is 2.54 bits per heavy atom. The highest BCUT2D eigenvalue weighted by Crippen LogP contribution is 2.25. The van der Waals surface area contributed by atoms with Gasteiger partial charge in [0.2, 0.25) is 5.91 Å². The van der Waals surface area contributed by atoms with Gasteiger partial charge in [-0.15, -0.1) is 0 Å². The van der Waals surface area contributed by atoms with E-state index < -0.39 is 6.04 Å². The van der Waals surface area contributed by atoms with Crippen LogP contribution in [0.15, 0.2) is 65.8 Å². The Morgan fingerprint density at radius 2 is 1.77 bits per heavy atom. The van der Waals surface area contributed by atoms with Crippen molar-refractivity contribution in [1.29, 1.82) is 0 Å². The summed E-state index contributed by atoms with van der Waals surface area (Å²) in [6.45, 7) is 5.32. The minimum absolute atomic E-state index is 0.108. The predicted octanol–water partition coefficient (Wildman–Crippen LogP) is 4.14. The fourth-order valence-corrected chi connectivity index (χ4v) is 5.84. The fraction of sp³-hybridized carbons (Fsp3) is 0.379. The molecule has 1 aromatic heterocycles. The Morgan fingerprint density at radius 1 is 1.00 bits per heavy atom. The standard InChI is InChI=1S/C29H33ClN6O2S/c30-25-18-26(36-16-14-35(15-17-36)19-21-6-2-1-3-7-21)34-29(33-25)39-20-22-9-11-23(12-10-22)27(37)32-24-8-4-5-13-31-28(24)38/h1-3,6-7,9-12,18,24H,4-5,8,13-17,19-20H2,(H,31,38)(H,32,37). The van der Waals surface area contributed by atoms with E-state index in [4.69, 9.17) is 16.6 Å². The van der Waals surface area contributed by atoms with Crippen molar-refractivity contribution in [1.82, 2.24) is 25.5 Å². The molecule has 0 radical (unpaired) electrons. The zero-order valence-electron chi connectivity index (χ0n) is 21.8. The van der Waals surface area contributed by atoms with Crippen LogP contribution in [0.3, 0.4) is 0 Å². The lowest BCUT2D eigenvalue weighted by atomic mass is 10.1. The van der Waals surface area contributed by atoms with Gasteiger partial charge in [-0.1, -0.05) is 65.8 Å². The van der Waals surface area contributed by atoms with Crippen LogP contribution in [-0.4, -0.2) is 65.4 Å². The SMILES string of the molecule is O=C(NC1CCCCNC1=O)c1ccc(CSc2nc(Cl)cc(N3CCN(Cc4ccccc4)CC3)n2)cc1. The summed E-state index contributed by atoms with van der Waals surface area (Å²) in [5.41, 5.74) is 2.91. The van der Waals surface area contributed by atoms with Gasteiger partial charge in [0.05, 0.1) is 0 Å². The number of carbonyl (C=O) groups excluding carboxylic acids is 2. The van der Waals surface area contributed by atoms with E-state index in [9.17, 15) is 9.59 Å². The van der Waals surface area contributed by atoms with Gasteiger partial charge in [0.15, 0.2) is 5.16 Å². The number of rotatable bonds is 8. The van der Waals surface area contributed by atoms with Crippen LogP contribution in [0.5, 0.6) is 0 Å². The first-order valence-corrected chi connectivity index (χ1v) is 14.8. The number of nitrogens with one attached hydrogen (secondary N) is 2. The van der Waals surface area contributed by atoms with Crippen LogP contribution in [0.2, 0.25) is 5.15 Å². The summed E-state index contributed by atoms with van der Waals surface area (Å²) in [7, 11) is 0. The summed E-state index contributed by atoms with van der Waals surface area (Å²) in [5, 5.41) is 6.78. The molecule has 5 rings (SSSR count). The van der Waals surface area contributed by atoms with Crippen molar-refractivity contribution in [3.63, 3.8) is 0 Å². The van der Waals surface area contributed by atoms with Crippen molar-refractivity contribution in [3.8, 4) is 0 Å². The Bertz CT molecular complexity index is 1270. The van der Waals surface area contributed by atoms with Gasteiger partial charge in [-0.05, 0) is 42.5 Å². The van der Waals surface area contributed by atoms with E-state index in [0.717, 1.165) is 56.9 Å². The van der Waals surface area contributed by atoms with Crippen LogP contribution in [0.4, 0.5) is 5.82 Å². The molecule has 2 saturated heterocycles. The van der Waals surface area contributed by atoms with Gasteiger partial charge < -0.3 is 15.5 Å². The monoisotopic (exact) mass is 564 g/mol. The average molecular weight is 565 g/mol. The van der Waals surface area contributed by atoms with Gasteiger partial charge in [0.25, 0.3) is 5.91 Å². The molecule has 10 heteroatoms. The summed E-state index contributed by atoms with van der Waals surface area (Å²) in [4.78, 5) is 38.7. The molecule has 3 aromatic rings. The first-order valence-electron chi connectivity index (χ1n) is 13.4. The lowest BCUT2D eigenvalue weighted by Gasteiger charge is -2.35. The number of thioether (sulfide) groups is 1. The molecule has 0 bridgehead atoms. The number of hydrogen-bond donors (Lipinski definition) is 2. The van der Waals surface area contributed by atoms with E-state index in [2.05, 4.69) is 49.7 Å². The maximum absolute atomic E-state index is 12.7. The molecule has 1 atom stereocenters. The van der Waals surface area contributed by atoms with Crippen LogP contribution >= 0.6 is 23.4 Å². The highest BCUT2D eigenvalue weighted by atomic mass is 35.5. The molecule has 39 heavy (non-hydrogen) atoms. The number of benzene rings is 2. The number of piperazine rings is 1. The minimum atomic E-state index is -0.476. The van der Waals surface area contributed by atoms with Gasteiger partial charge in [0, 0.05) is 56.7 Å². The van der Waals surface area contributed by atoms with Crippen molar-refractivity contribution < 1.29 is 9.59 Å². The molecular weight excluding hydrogens is 532 g/mol. The zero-order valence-corrected chi connectivity index (χ0v) is 23.4. The molecule has 2 aliphatic heterocycles. The molecule has 0 spiro atoms. The van der Waals surface area contributed by atoms with Crippen LogP contribution in [-0.2, 0) is 17.1 Å². The Hall–Kier alpha value is -3.14. The van der Waals surface area contributed by atoms with E-state index >= 15 is 0 Å². The first-order chi connectivity index (χ1) is 19.0. The number of nitrogens with zero attached hydrogens (tertiary/aromatic N) is 4. The second-order valence-electron chi connectivity index (χ2n) is 9.88. The lowest BCUT2D eigenvalue weighted by Crippen LogP contribution is -2.46. The van der Waals surface area contributed by atoms with Crippen molar-refractivity contribution in [3.05, 3.63) is 82.5 Å². The summed E-state index contributed by atoms with van der Waals surface area (Å²) >= 11 is 7.88. The molecule has 3 heterocycles. The molecule has 0 saturated carbocycles. The molecule has 2 amide bonds. The molecule has 2 aliphatic rings. The number of aromatic nitrogens is 2. The largest absolute Gasteiger partial charge is 0.354 e. The minimum Gasteiger partial charge on any atom is -0.354 e. The van der Waals surface area contributed by atoms with Gasteiger partial charge in [-0.3, -0.25) is 14.5 Å². The molecule has 204 valence electrons. The number of amides is 2. The highest BCUT2D eigenvalue weighted by molar-refractivity contribution is 7.98. The van der Waals surface area contributed by atoms with Gasteiger partial charge in [-0.2, -0.15) is 0 Å². The third kappa shape index (κ3) is 7.71. The molecule has 2 aromatic carbocycles. The van der Waals surface area contributed by atoms with Gasteiger partial charge in [0.1, 0.15) is 17.0 Å². The third-order valence-electron chi connectivity index (χ3n) is 7.03. The smallest absolute Gasteiger partial charge is 0.251 e. The third-order valence-corrected chi connectivity index (χ3v) is 8.14. The summed E-state index contributed by atoms with van der Waals surface area (Å²) in [6.07, 6.45) is 2.52. The van der Waals surface area contributed by atoms with Crippen molar-refractivity contribution in [2.45, 2.75) is 42.8 Å². The lowest BCUT2D eigenvalue weighted by molar-refractivity contribution is -0.122. The first kappa shape index (κ1) is 27.4. The van der Waals surface area contributed by atoms with E-state index in [0.29, 0.717) is 34.6 Å². The topological polar surface area (TPSA) is 90.5 Å². The Balaban J connectivity index is 1.13. The van der Waals surface area contributed by atoms with Crippen LogP contribution < -0.4 is 15.5 Å². The number of carbonyl (C=O) groups is 2. The van der Waals surface area contributed by atoms with Crippen molar-refractivity contribution in [2.24, 2.45) is 0 Å². The molecule has 2 N–H and O–H groups in total. The zero-order chi connectivity index (χ0) is 27.0. The molecule has 8 nitrogen and oxygen atoms in total. The Labute approximate surface area is 238 Å². The molecule has 0 aliphatic carbocycles. The molecular formula is C29H33ClN6O2S.